The van der Waals surface area contributed by atoms with Crippen LogP contribution in [0.4, 0.5) is 0 Å². The van der Waals surface area contributed by atoms with E-state index in [0.29, 0.717) is 44.5 Å². The predicted octanol–water partition coefficient (Wildman–Crippen LogP) is 10.7. The molecule has 6 nitrogen and oxygen atoms in total. The van der Waals surface area contributed by atoms with E-state index in [9.17, 15) is 5.11 Å². The van der Waals surface area contributed by atoms with Gasteiger partial charge in [-0.15, -0.1) is 0 Å². The van der Waals surface area contributed by atoms with Crippen LogP contribution in [0.25, 0.3) is 32.3 Å². The molecule has 44 heavy (non-hydrogen) atoms. The Morgan fingerprint density at radius 1 is 0.409 bits per heavy atom. The fourth-order valence-corrected chi connectivity index (χ4v) is 5.27. The molecular formula is C38H52O6. The van der Waals surface area contributed by atoms with E-state index in [4.69, 9.17) is 23.7 Å². The molecule has 0 radical (unpaired) electrons. The second kappa shape index (κ2) is 17.1. The molecule has 0 atom stereocenters. The van der Waals surface area contributed by atoms with Crippen molar-refractivity contribution in [3.05, 3.63) is 36.4 Å². The minimum atomic E-state index is 0.178. The lowest BCUT2D eigenvalue weighted by molar-refractivity contribution is 0.262. The molecule has 1 N–H and O–H groups in total. The molecule has 0 spiro atoms. The van der Waals surface area contributed by atoms with Gasteiger partial charge >= 0.3 is 0 Å². The second-order valence-electron chi connectivity index (χ2n) is 11.6. The average molecular weight is 605 g/mol. The standard InChI is InChI=1S/C38H52O6/c1-6-11-16-40-27-21-31-29-24-35(42-18-13-8-3)34(41-17-12-7-2)23-28(29)30-25-36(43-19-14-9-4)37(44-20-15-10-5)26-32(30)38(31)33(39)22-27/h21-26,39H,6-20H2,1-5H3. The van der Waals surface area contributed by atoms with Gasteiger partial charge in [0.2, 0.25) is 0 Å². The number of unbranched alkanes of at least 4 members (excludes halogenated alkanes) is 5. The van der Waals surface area contributed by atoms with Crippen LogP contribution in [0.3, 0.4) is 0 Å². The highest BCUT2D eigenvalue weighted by molar-refractivity contribution is 6.28. The molecule has 0 saturated heterocycles. The van der Waals surface area contributed by atoms with Crippen LogP contribution < -0.4 is 23.7 Å². The molecule has 240 valence electrons. The Bertz CT molecular complexity index is 1450. The Morgan fingerprint density at radius 2 is 0.727 bits per heavy atom. The third-order valence-corrected chi connectivity index (χ3v) is 7.90. The van der Waals surface area contributed by atoms with Crippen molar-refractivity contribution < 1.29 is 28.8 Å². The van der Waals surface area contributed by atoms with Crippen molar-refractivity contribution in [2.45, 2.75) is 98.8 Å². The van der Waals surface area contributed by atoms with Crippen molar-refractivity contribution in [2.75, 3.05) is 33.0 Å². The molecule has 0 fully saturated rings. The maximum Gasteiger partial charge on any atom is 0.161 e. The van der Waals surface area contributed by atoms with Crippen molar-refractivity contribution in [3.63, 3.8) is 0 Å². The number of ether oxygens (including phenoxy) is 5. The minimum absolute atomic E-state index is 0.178. The van der Waals surface area contributed by atoms with E-state index in [1.807, 2.05) is 12.1 Å². The summed E-state index contributed by atoms with van der Waals surface area (Å²) in [5, 5.41) is 17.1. The number of hydrogen-bond donors (Lipinski definition) is 1. The number of phenols is 1. The lowest BCUT2D eigenvalue weighted by Gasteiger charge is -2.20. The number of benzene rings is 4. The van der Waals surface area contributed by atoms with E-state index < -0.39 is 0 Å². The fraction of sp³-hybridized carbons (Fsp3) is 0.526. The van der Waals surface area contributed by atoms with Crippen LogP contribution in [0, 0.1) is 0 Å². The minimum Gasteiger partial charge on any atom is -0.507 e. The summed E-state index contributed by atoms with van der Waals surface area (Å²) in [7, 11) is 0. The first kappa shape index (κ1) is 33.4. The highest BCUT2D eigenvalue weighted by Gasteiger charge is 2.20. The molecule has 0 aliphatic carbocycles. The zero-order valence-electron chi connectivity index (χ0n) is 27.6. The number of rotatable bonds is 20. The van der Waals surface area contributed by atoms with Crippen LogP contribution in [0.5, 0.6) is 34.5 Å². The van der Waals surface area contributed by atoms with Crippen LogP contribution in [0.2, 0.25) is 0 Å². The number of aromatic hydroxyl groups is 1. The van der Waals surface area contributed by atoms with E-state index in [1.54, 1.807) is 6.07 Å². The molecule has 6 heteroatoms. The van der Waals surface area contributed by atoms with Gasteiger partial charge in [0.1, 0.15) is 11.5 Å². The summed E-state index contributed by atoms with van der Waals surface area (Å²) in [6, 6.07) is 12.1. The Kier molecular flexibility index (Phi) is 12.9. The normalized spacial score (nSPS) is 11.4. The maximum atomic E-state index is 11.5. The lowest BCUT2D eigenvalue weighted by atomic mass is 9.92. The molecular weight excluding hydrogens is 552 g/mol. The van der Waals surface area contributed by atoms with Gasteiger partial charge in [-0.1, -0.05) is 66.7 Å². The molecule has 4 aromatic carbocycles. The van der Waals surface area contributed by atoms with Gasteiger partial charge in [-0.05, 0) is 89.4 Å². The summed E-state index contributed by atoms with van der Waals surface area (Å²) in [6.07, 6.45) is 10.00. The molecule has 4 rings (SSSR count). The number of phenolic OH excluding ortho intramolecular Hbond substituents is 1. The van der Waals surface area contributed by atoms with Gasteiger partial charge in [0.05, 0.1) is 33.0 Å². The van der Waals surface area contributed by atoms with Crippen LogP contribution >= 0.6 is 0 Å². The zero-order chi connectivity index (χ0) is 31.3. The Balaban J connectivity index is 2.03. The van der Waals surface area contributed by atoms with E-state index in [-0.39, 0.29) is 5.75 Å². The van der Waals surface area contributed by atoms with Crippen molar-refractivity contribution in [3.8, 4) is 34.5 Å². The molecule has 0 bridgehead atoms. The van der Waals surface area contributed by atoms with Gasteiger partial charge < -0.3 is 28.8 Å². The molecule has 0 saturated carbocycles. The zero-order valence-corrected chi connectivity index (χ0v) is 27.6. The smallest absolute Gasteiger partial charge is 0.161 e. The predicted molar refractivity (Wildman–Crippen MR) is 183 cm³/mol. The van der Waals surface area contributed by atoms with Crippen LogP contribution in [0.1, 0.15) is 98.8 Å². The first-order valence-electron chi connectivity index (χ1n) is 16.9. The van der Waals surface area contributed by atoms with Gasteiger partial charge in [0.25, 0.3) is 0 Å². The summed E-state index contributed by atoms with van der Waals surface area (Å²) >= 11 is 0. The molecule has 0 aliphatic heterocycles. The van der Waals surface area contributed by atoms with Crippen molar-refractivity contribution in [1.82, 2.24) is 0 Å². The van der Waals surface area contributed by atoms with Crippen molar-refractivity contribution in [1.29, 1.82) is 0 Å². The quantitative estimate of drug-likeness (QED) is 0.0799. The highest BCUT2D eigenvalue weighted by Crippen LogP contribution is 2.47. The summed E-state index contributed by atoms with van der Waals surface area (Å²) < 4.78 is 31.4. The van der Waals surface area contributed by atoms with Crippen molar-refractivity contribution >= 4 is 32.3 Å². The van der Waals surface area contributed by atoms with Gasteiger partial charge in [-0.3, -0.25) is 0 Å². The summed E-state index contributed by atoms with van der Waals surface area (Å²) in [5.74, 6) is 3.71. The third-order valence-electron chi connectivity index (χ3n) is 7.90. The molecule has 0 aromatic heterocycles. The van der Waals surface area contributed by atoms with Gasteiger partial charge in [0, 0.05) is 11.5 Å². The largest absolute Gasteiger partial charge is 0.507 e. The van der Waals surface area contributed by atoms with E-state index in [2.05, 4.69) is 52.8 Å². The van der Waals surface area contributed by atoms with Gasteiger partial charge in [-0.2, -0.15) is 0 Å². The highest BCUT2D eigenvalue weighted by atomic mass is 16.5. The SMILES string of the molecule is CCCCOc1cc(O)c2c(c1)c1cc(OCCCC)c(OCCCC)cc1c1cc(OCCCC)c(OCCCC)cc12. The molecule has 4 aromatic rings. The fourth-order valence-electron chi connectivity index (χ4n) is 5.27. The summed E-state index contributed by atoms with van der Waals surface area (Å²) in [6.45, 7) is 13.8. The van der Waals surface area contributed by atoms with Crippen LogP contribution in [-0.2, 0) is 0 Å². The van der Waals surface area contributed by atoms with E-state index in [1.165, 1.54) is 0 Å². The average Bonchev–Trinajstić information content (AvgIpc) is 3.02. The van der Waals surface area contributed by atoms with Gasteiger partial charge in [-0.25, -0.2) is 0 Å². The Hall–Kier alpha value is -3.54. The first-order valence-corrected chi connectivity index (χ1v) is 16.9. The summed E-state index contributed by atoms with van der Waals surface area (Å²) in [4.78, 5) is 0. The molecule has 0 unspecified atom stereocenters. The van der Waals surface area contributed by atoms with Crippen LogP contribution in [0.15, 0.2) is 36.4 Å². The third kappa shape index (κ3) is 8.13. The van der Waals surface area contributed by atoms with Gasteiger partial charge in [0.15, 0.2) is 23.0 Å². The molecule has 0 aliphatic rings. The van der Waals surface area contributed by atoms with E-state index in [0.717, 1.165) is 114 Å². The second-order valence-corrected chi connectivity index (χ2v) is 11.6. The topological polar surface area (TPSA) is 66.4 Å². The molecule has 0 amide bonds. The number of hydrogen-bond acceptors (Lipinski definition) is 6. The van der Waals surface area contributed by atoms with E-state index >= 15 is 0 Å². The molecule has 0 heterocycles. The first-order chi connectivity index (χ1) is 21.6. The van der Waals surface area contributed by atoms with Crippen molar-refractivity contribution in [2.24, 2.45) is 0 Å². The Labute approximate surface area is 263 Å². The lowest BCUT2D eigenvalue weighted by Crippen LogP contribution is -2.04. The maximum absolute atomic E-state index is 11.5. The Morgan fingerprint density at radius 3 is 1.11 bits per heavy atom. The van der Waals surface area contributed by atoms with Crippen LogP contribution in [-0.4, -0.2) is 38.1 Å². The monoisotopic (exact) mass is 604 g/mol. The summed E-state index contributed by atoms with van der Waals surface area (Å²) in [5.41, 5.74) is 0. The number of fused-ring (bicyclic) bond motifs is 6.